The first kappa shape index (κ1) is 85.2. The van der Waals surface area contributed by atoms with Gasteiger partial charge in [-0.15, -0.1) is 11.6 Å². The van der Waals surface area contributed by atoms with Crippen LogP contribution in [0.1, 0.15) is 218 Å². The van der Waals surface area contributed by atoms with Crippen LogP contribution in [0.3, 0.4) is 0 Å². The normalized spacial score (nSPS) is 22.3. The summed E-state index contributed by atoms with van der Waals surface area (Å²) in [5.74, 6) is -1.85. The van der Waals surface area contributed by atoms with E-state index >= 15 is 0 Å². The standard InChI is InChI=1S/C15H25NO4.C14H23NO5.C14H23NO4.C11H17NO4.C2H6.2C2H5.CH2ClI.Zn/c1-14(2,3)19-12(17)11-8-9-7-10(9)16(11)13(18)20-15(4,5)6;1-13(2,3)19-11(17)9-7-8-10(16)15(9)12(18)20-14(4,5)6;1-13(2,3)18-11(16)10-8-7-9-15(10)12(17)19-14(4,5)6;1-11(2,3)16-10(15)12-7-4-6(7)5-8(12)9(13)14;3*1-2;2-1-3;/h9-11H,7-8H2,1-6H3;9H,7-8H2,1-6H3;7,9-10H,8H2,1-6H3;6-8H,4-5H2,1-3H3,(H,13,14);1-2H3;2*1H2,2H3;1H2;/q;;;;;2*-1;;+2/t9-,10-,11-;9-;10-;6-,7-,8+;;;;;/m1111...../s1. The summed E-state index contributed by atoms with van der Waals surface area (Å²) in [6.45, 7) is 51.4. The van der Waals surface area contributed by atoms with Gasteiger partial charge in [-0.3, -0.25) is 19.5 Å². The van der Waals surface area contributed by atoms with Crippen molar-refractivity contribution in [3.63, 3.8) is 0 Å². The Morgan fingerprint density at radius 2 is 0.800 bits per heavy atom. The topological polar surface area (TPSA) is 251 Å². The van der Waals surface area contributed by atoms with Crippen LogP contribution in [0.5, 0.6) is 0 Å². The smallest absolute Gasteiger partial charge is 0.480 e. The number of halogens is 2. The van der Waals surface area contributed by atoms with Crippen molar-refractivity contribution < 1.29 is 101 Å². The van der Waals surface area contributed by atoms with Gasteiger partial charge in [-0.25, -0.2) is 43.3 Å². The van der Waals surface area contributed by atoms with Gasteiger partial charge < -0.3 is 52.1 Å². The van der Waals surface area contributed by atoms with E-state index in [0.717, 1.165) is 17.7 Å². The maximum absolute atomic E-state index is 12.3. The molecule has 8 atom stereocenters. The van der Waals surface area contributed by atoms with E-state index in [2.05, 4.69) is 36.4 Å². The van der Waals surface area contributed by atoms with Crippen molar-refractivity contribution in [1.29, 1.82) is 0 Å². The van der Waals surface area contributed by atoms with Gasteiger partial charge in [0.15, 0.2) is 0 Å². The second-order valence-corrected chi connectivity index (χ2v) is 28.7. The number of piperidine rings is 2. The Labute approximate surface area is 540 Å². The first-order chi connectivity index (χ1) is 38.1. The number of carboxylic acids is 1. The number of imide groups is 1. The molecule has 1 N–H and O–H groups in total. The molecule has 5 fully saturated rings. The van der Waals surface area contributed by atoms with Crippen LogP contribution in [0.25, 0.3) is 0 Å². The van der Waals surface area contributed by atoms with Crippen LogP contribution < -0.4 is 0 Å². The number of nitrogens with zero attached hydrogens (tertiary/aromatic N) is 4. The fourth-order valence-corrected chi connectivity index (χ4v) is 8.29. The Kier molecular flexibility index (Phi) is 36.0. The number of likely N-dealkylation sites (tertiary alicyclic amines) is 3. The van der Waals surface area contributed by atoms with Crippen molar-refractivity contribution in [2.24, 2.45) is 11.8 Å². The van der Waals surface area contributed by atoms with Crippen LogP contribution in [-0.2, 0) is 76.6 Å². The zero-order valence-corrected chi connectivity index (χ0v) is 62.0. The van der Waals surface area contributed by atoms with Crippen LogP contribution >= 0.6 is 34.2 Å². The molecule has 6 aliphatic rings. The summed E-state index contributed by atoms with van der Waals surface area (Å²) in [5, 5.41) is 9.02. The fourth-order valence-electron chi connectivity index (χ4n) is 8.29. The predicted molar refractivity (Wildman–Crippen MR) is 332 cm³/mol. The minimum absolute atomic E-state index is 0. The summed E-state index contributed by atoms with van der Waals surface area (Å²) < 4.78 is 37.7. The number of carboxylic acid groups (broad SMARTS) is 1. The molecule has 0 aromatic heterocycles. The first-order valence-electron chi connectivity index (χ1n) is 28.8. The molecule has 4 heterocycles. The molecule has 0 bridgehead atoms. The largest absolute Gasteiger partial charge is 2.00 e. The number of hydrogen-bond donors (Lipinski definition) is 1. The summed E-state index contributed by atoms with van der Waals surface area (Å²) in [7, 11) is 0. The van der Waals surface area contributed by atoms with E-state index in [1.807, 2.05) is 55.4 Å². The van der Waals surface area contributed by atoms with Gasteiger partial charge in [0.25, 0.3) is 0 Å². The number of amides is 5. The van der Waals surface area contributed by atoms with Gasteiger partial charge in [0.05, 0.1) is 3.89 Å². The van der Waals surface area contributed by atoms with E-state index in [4.69, 9.17) is 49.9 Å². The third-order valence-electron chi connectivity index (χ3n) is 11.1. The van der Waals surface area contributed by atoms with Crippen LogP contribution in [0.2, 0.25) is 0 Å². The third-order valence-corrected chi connectivity index (χ3v) is 11.1. The Balaban J connectivity index is -0.00000100. The summed E-state index contributed by atoms with van der Waals surface area (Å²) in [6.07, 6.45) is 5.13. The molecule has 4 aliphatic heterocycles. The minimum atomic E-state index is -0.932. The number of hydrogen-bond acceptors (Lipinski definition) is 16. The monoisotopic (exact) mass is 1390 g/mol. The third kappa shape index (κ3) is 32.7. The molecule has 2 saturated carbocycles. The second kappa shape index (κ2) is 35.9. The predicted octanol–water partition coefficient (Wildman–Crippen LogP) is 13.6. The quantitative estimate of drug-likeness (QED) is 0.0686. The van der Waals surface area contributed by atoms with E-state index in [1.165, 1.54) is 9.80 Å². The number of carbonyl (C=O) groups excluding carboxylic acids is 8. The zero-order chi connectivity index (χ0) is 66.6. The minimum Gasteiger partial charge on any atom is -0.480 e. The molecule has 0 aromatic carbocycles. The van der Waals surface area contributed by atoms with Gasteiger partial charge in [0, 0.05) is 24.7 Å². The Hall–Kier alpha value is -3.99. The van der Waals surface area contributed by atoms with E-state index < -0.39 is 112 Å². The second-order valence-electron chi connectivity index (χ2n) is 26.8. The Morgan fingerprint density at radius 1 is 0.506 bits per heavy atom. The number of aliphatic carboxylic acids is 1. The molecule has 488 valence electrons. The van der Waals surface area contributed by atoms with E-state index in [1.54, 1.807) is 135 Å². The van der Waals surface area contributed by atoms with Crippen molar-refractivity contribution in [1.82, 2.24) is 19.6 Å². The van der Waals surface area contributed by atoms with Gasteiger partial charge >= 0.3 is 67.7 Å². The molecule has 85 heavy (non-hydrogen) atoms. The maximum Gasteiger partial charge on any atom is 2.00 e. The summed E-state index contributed by atoms with van der Waals surface area (Å²) in [6, 6.07) is -2.46. The van der Waals surface area contributed by atoms with Crippen molar-refractivity contribution >= 4 is 88.3 Å². The molecule has 0 radical (unpaired) electrons. The van der Waals surface area contributed by atoms with Crippen LogP contribution in [-0.4, -0.2) is 158 Å². The Morgan fingerprint density at radius 3 is 1.14 bits per heavy atom. The molecule has 24 heteroatoms. The molecule has 0 spiro atoms. The fraction of sp³-hybridized carbons (Fsp3) is 0.787. The molecule has 21 nitrogen and oxygen atoms in total. The van der Waals surface area contributed by atoms with Crippen LogP contribution in [0.15, 0.2) is 12.3 Å². The molecule has 0 unspecified atom stereocenters. The summed E-state index contributed by atoms with van der Waals surface area (Å²) in [5.41, 5.74) is -4.22. The first-order valence-corrected chi connectivity index (χ1v) is 30.9. The van der Waals surface area contributed by atoms with Crippen molar-refractivity contribution in [3.8, 4) is 0 Å². The number of ether oxygens (including phenoxy) is 7. The molecule has 3 saturated heterocycles. The number of esters is 3. The molecular formula is C61H106ClIN4O17Zn. The number of fused-ring (bicyclic) bond motifs is 2. The van der Waals surface area contributed by atoms with Gasteiger partial charge in [0.2, 0.25) is 5.91 Å². The van der Waals surface area contributed by atoms with Crippen molar-refractivity contribution in [3.05, 3.63) is 26.1 Å². The summed E-state index contributed by atoms with van der Waals surface area (Å²) in [4.78, 5) is 112. The average Bonchev–Trinajstić information content (AvgIpc) is 3.39. The van der Waals surface area contributed by atoms with E-state index in [-0.39, 0.29) is 50.4 Å². The SMILES string of the molecule is CC.CC(C)(C)OC(=O)N1[C@@H]2C[C@@H]2C[C@H]1C(=O)O.CC(C)(C)OC(=O)[C@H]1CC=CN1C(=O)OC(C)(C)C.CC(C)(C)OC(=O)[C@H]1CCC(=O)N1C(=O)OC(C)(C)C.CC(C)(C)OC(=O)[C@H]1C[C@H]2C[C@H]2N1C(=O)OC(C)(C)C.ClCI.[CH2-]C.[CH2-]C.[Zn+2]. The maximum atomic E-state index is 12.3. The van der Waals surface area contributed by atoms with Gasteiger partial charge in [-0.2, -0.15) is 13.8 Å². The molecule has 5 amide bonds. The van der Waals surface area contributed by atoms with Gasteiger partial charge in [-0.1, -0.05) is 42.5 Å². The number of alkyl halides is 2. The molecule has 6 rings (SSSR count). The van der Waals surface area contributed by atoms with E-state index in [0.29, 0.717) is 35.0 Å². The average molecular weight is 1400 g/mol. The van der Waals surface area contributed by atoms with Crippen molar-refractivity contribution in [2.75, 3.05) is 3.89 Å². The molecule has 0 aromatic rings. The molecule has 2 aliphatic carbocycles. The van der Waals surface area contributed by atoms with E-state index in [9.17, 15) is 43.2 Å². The molecular weight excluding hydrogens is 1290 g/mol. The van der Waals surface area contributed by atoms with Crippen molar-refractivity contribution in [2.45, 2.75) is 293 Å². The van der Waals surface area contributed by atoms with Crippen LogP contribution in [0.4, 0.5) is 19.2 Å². The number of carbonyl (C=O) groups is 9. The summed E-state index contributed by atoms with van der Waals surface area (Å²) >= 11 is 7.04. The van der Waals surface area contributed by atoms with Gasteiger partial charge in [-0.05, 0) is 196 Å². The van der Waals surface area contributed by atoms with Gasteiger partial charge in [0.1, 0.15) is 63.4 Å². The zero-order valence-electron chi connectivity index (χ0n) is 56.1. The number of rotatable bonds is 4. The Bertz CT molecular complexity index is 2200. The van der Waals surface area contributed by atoms with Crippen LogP contribution in [0, 0.1) is 25.7 Å².